The number of carbonyl (C=O) groups is 3. The van der Waals surface area contributed by atoms with Gasteiger partial charge in [0.15, 0.2) is 6.29 Å². The second-order valence-corrected chi connectivity index (χ2v) is 11.9. The molecule has 2 saturated heterocycles. The van der Waals surface area contributed by atoms with Crippen LogP contribution in [0, 0.1) is 0 Å². The first-order valence-corrected chi connectivity index (χ1v) is 16.3. The Kier molecular flexibility index (Phi) is 10.8. The first-order chi connectivity index (χ1) is 23.4. The normalized spacial score (nSPS) is 15.5. The van der Waals surface area contributed by atoms with Gasteiger partial charge in [-0.15, -0.1) is 0 Å². The quantitative estimate of drug-likeness (QED) is 0.197. The fraction of sp³-hybridized carbons (Fsp3) is 0.289. The van der Waals surface area contributed by atoms with Crippen molar-refractivity contribution in [3.05, 3.63) is 114 Å². The highest BCUT2D eigenvalue weighted by Crippen LogP contribution is 2.28. The van der Waals surface area contributed by atoms with E-state index < -0.39 is 6.09 Å². The van der Waals surface area contributed by atoms with Crippen LogP contribution in [0.1, 0.15) is 41.5 Å². The van der Waals surface area contributed by atoms with Gasteiger partial charge < -0.3 is 29.3 Å². The number of amides is 3. The van der Waals surface area contributed by atoms with Crippen molar-refractivity contribution in [1.29, 1.82) is 0 Å². The van der Waals surface area contributed by atoms with Crippen molar-refractivity contribution in [3.8, 4) is 11.1 Å². The molecule has 0 aliphatic carbocycles. The molecule has 3 amide bonds. The van der Waals surface area contributed by atoms with Crippen molar-refractivity contribution in [2.45, 2.75) is 31.7 Å². The summed E-state index contributed by atoms with van der Waals surface area (Å²) in [5.41, 5.74) is 5.30. The number of nitrogens with one attached hydrogen (secondary N) is 2. The molecule has 10 nitrogen and oxygen atoms in total. The largest absolute Gasteiger partial charge is 0.446 e. The highest BCUT2D eigenvalue weighted by Gasteiger charge is 2.24. The van der Waals surface area contributed by atoms with E-state index in [1.807, 2.05) is 84.9 Å². The maximum absolute atomic E-state index is 13.1. The molecular weight excluding hydrogens is 608 g/mol. The summed E-state index contributed by atoms with van der Waals surface area (Å²) in [5, 5.41) is 5.82. The minimum Gasteiger partial charge on any atom is -0.446 e. The molecule has 2 aliphatic heterocycles. The third-order valence-electron chi connectivity index (χ3n) is 8.63. The average molecular weight is 649 g/mol. The second-order valence-electron chi connectivity index (χ2n) is 11.9. The fourth-order valence-electron chi connectivity index (χ4n) is 5.90. The van der Waals surface area contributed by atoms with Crippen LogP contribution in [0.3, 0.4) is 0 Å². The Morgan fingerprint density at radius 3 is 2.29 bits per heavy atom. The summed E-state index contributed by atoms with van der Waals surface area (Å²) in [6.45, 7) is 3.19. The van der Waals surface area contributed by atoms with E-state index in [2.05, 4.69) is 15.5 Å². The van der Waals surface area contributed by atoms with Crippen LogP contribution in [-0.2, 0) is 19.0 Å². The molecule has 6 rings (SSSR count). The number of hydrogen-bond donors (Lipinski definition) is 2. The summed E-state index contributed by atoms with van der Waals surface area (Å²) < 4.78 is 16.8. The van der Waals surface area contributed by atoms with Gasteiger partial charge in [0.1, 0.15) is 6.10 Å². The Bertz CT molecular complexity index is 1700. The molecule has 0 spiro atoms. The number of piperidine rings is 1. The number of rotatable bonds is 10. The zero-order valence-corrected chi connectivity index (χ0v) is 27.0. The first kappa shape index (κ1) is 32.9. The van der Waals surface area contributed by atoms with Crippen molar-refractivity contribution in [3.63, 3.8) is 0 Å². The second kappa shape index (κ2) is 15.7. The molecule has 4 aromatic carbocycles. The van der Waals surface area contributed by atoms with Crippen LogP contribution in [-0.4, -0.2) is 68.8 Å². The van der Waals surface area contributed by atoms with E-state index in [1.165, 1.54) is 0 Å². The van der Waals surface area contributed by atoms with Crippen molar-refractivity contribution in [2.75, 3.05) is 55.4 Å². The van der Waals surface area contributed by atoms with E-state index in [9.17, 15) is 14.4 Å². The Balaban J connectivity index is 0.937. The molecule has 2 aliphatic rings. The van der Waals surface area contributed by atoms with E-state index >= 15 is 0 Å². The number of ether oxygens (including phenoxy) is 3. The minimum atomic E-state index is -0.466. The standard InChI is InChI=1S/C38H40N4O6/c1-41(31-11-7-10-29(26-31)36(44)39-30-16-14-28(15-17-30)37-46-24-25-47-37)35(43)20-23-42-21-18-32(19-22-42)48-38(45)40-34-13-6-5-12-33(34)27-8-3-2-4-9-27/h2-17,26,32,37H,18-25H2,1H3,(H,39,44)(H,40,45). The van der Waals surface area contributed by atoms with Gasteiger partial charge in [-0.2, -0.15) is 0 Å². The molecule has 0 bridgehead atoms. The molecule has 4 aromatic rings. The number of carbonyl (C=O) groups excluding carboxylic acids is 3. The zero-order valence-electron chi connectivity index (χ0n) is 27.0. The minimum absolute atomic E-state index is 0.0469. The summed E-state index contributed by atoms with van der Waals surface area (Å²) in [7, 11) is 1.72. The molecular formula is C38H40N4O6. The summed E-state index contributed by atoms with van der Waals surface area (Å²) in [6, 6.07) is 32.0. The van der Waals surface area contributed by atoms with E-state index in [1.54, 1.807) is 30.1 Å². The number of anilines is 3. The first-order valence-electron chi connectivity index (χ1n) is 16.3. The van der Waals surface area contributed by atoms with E-state index in [0.717, 1.165) is 29.8 Å². The number of nitrogens with zero attached hydrogens (tertiary/aromatic N) is 2. The van der Waals surface area contributed by atoms with E-state index in [4.69, 9.17) is 14.2 Å². The molecule has 0 radical (unpaired) electrons. The molecule has 10 heteroatoms. The molecule has 2 fully saturated rings. The van der Waals surface area contributed by atoms with Gasteiger partial charge in [-0.1, -0.05) is 66.7 Å². The molecule has 0 aromatic heterocycles. The number of para-hydroxylation sites is 1. The smallest absolute Gasteiger partial charge is 0.411 e. The molecule has 2 heterocycles. The lowest BCUT2D eigenvalue weighted by Gasteiger charge is -2.31. The van der Waals surface area contributed by atoms with Crippen LogP contribution in [0.4, 0.5) is 21.9 Å². The van der Waals surface area contributed by atoms with Crippen LogP contribution in [0.25, 0.3) is 11.1 Å². The van der Waals surface area contributed by atoms with Gasteiger partial charge in [-0.3, -0.25) is 14.9 Å². The highest BCUT2D eigenvalue weighted by atomic mass is 16.7. The maximum atomic E-state index is 13.1. The topological polar surface area (TPSA) is 109 Å². The molecule has 2 N–H and O–H groups in total. The average Bonchev–Trinajstić information content (AvgIpc) is 3.67. The van der Waals surface area contributed by atoms with Crippen LogP contribution in [0.2, 0.25) is 0 Å². The number of likely N-dealkylation sites (tertiary alicyclic amines) is 1. The van der Waals surface area contributed by atoms with Gasteiger partial charge in [0.05, 0.1) is 18.9 Å². The lowest BCUT2D eigenvalue weighted by atomic mass is 10.0. The van der Waals surface area contributed by atoms with Gasteiger partial charge in [-0.05, 0) is 54.8 Å². The summed E-state index contributed by atoms with van der Waals surface area (Å²) >= 11 is 0. The van der Waals surface area contributed by atoms with E-state index in [0.29, 0.717) is 61.6 Å². The molecule has 48 heavy (non-hydrogen) atoms. The van der Waals surface area contributed by atoms with Crippen LogP contribution >= 0.6 is 0 Å². The Morgan fingerprint density at radius 1 is 0.833 bits per heavy atom. The summed E-state index contributed by atoms with van der Waals surface area (Å²) in [5.74, 6) is -0.313. The molecule has 0 unspecified atom stereocenters. The van der Waals surface area contributed by atoms with Gasteiger partial charge in [0.25, 0.3) is 5.91 Å². The van der Waals surface area contributed by atoms with Crippen molar-refractivity contribution < 1.29 is 28.6 Å². The Morgan fingerprint density at radius 2 is 1.54 bits per heavy atom. The van der Waals surface area contributed by atoms with Crippen molar-refractivity contribution >= 4 is 35.0 Å². The summed E-state index contributed by atoms with van der Waals surface area (Å²) in [6.07, 6.45) is 0.696. The monoisotopic (exact) mass is 648 g/mol. The van der Waals surface area contributed by atoms with Crippen LogP contribution in [0.5, 0.6) is 0 Å². The van der Waals surface area contributed by atoms with Crippen molar-refractivity contribution in [1.82, 2.24) is 4.90 Å². The third kappa shape index (κ3) is 8.46. The SMILES string of the molecule is CN(C(=O)CCN1CCC(OC(=O)Nc2ccccc2-c2ccccc2)CC1)c1cccc(C(=O)Nc2ccc(C3OCCO3)cc2)c1. The van der Waals surface area contributed by atoms with Crippen LogP contribution < -0.4 is 15.5 Å². The predicted molar refractivity (Wildman–Crippen MR) is 185 cm³/mol. The third-order valence-corrected chi connectivity index (χ3v) is 8.63. The maximum Gasteiger partial charge on any atom is 0.411 e. The lowest BCUT2D eigenvalue weighted by molar-refractivity contribution is -0.118. The Hall–Kier alpha value is -5.03. The lowest BCUT2D eigenvalue weighted by Crippen LogP contribution is -2.40. The van der Waals surface area contributed by atoms with Gasteiger partial charge in [0.2, 0.25) is 5.91 Å². The molecule has 0 saturated carbocycles. The number of benzene rings is 4. The predicted octanol–water partition coefficient (Wildman–Crippen LogP) is 6.72. The molecule has 248 valence electrons. The van der Waals surface area contributed by atoms with Gasteiger partial charge in [0, 0.05) is 61.2 Å². The van der Waals surface area contributed by atoms with Crippen LogP contribution in [0.15, 0.2) is 103 Å². The van der Waals surface area contributed by atoms with Crippen molar-refractivity contribution in [2.24, 2.45) is 0 Å². The highest BCUT2D eigenvalue weighted by molar-refractivity contribution is 6.05. The summed E-state index contributed by atoms with van der Waals surface area (Å²) in [4.78, 5) is 42.7. The zero-order chi connectivity index (χ0) is 33.3. The van der Waals surface area contributed by atoms with Gasteiger partial charge in [-0.25, -0.2) is 4.79 Å². The Labute approximate surface area is 280 Å². The fourth-order valence-corrected chi connectivity index (χ4v) is 5.90. The number of hydrogen-bond acceptors (Lipinski definition) is 7. The van der Waals surface area contributed by atoms with E-state index in [-0.39, 0.29) is 24.2 Å². The molecule has 0 atom stereocenters. The van der Waals surface area contributed by atoms with Gasteiger partial charge >= 0.3 is 6.09 Å².